The summed E-state index contributed by atoms with van der Waals surface area (Å²) in [5, 5.41) is 2.14. The Morgan fingerprint density at radius 3 is 2.06 bits per heavy atom. The van der Waals surface area contributed by atoms with Crippen LogP contribution in [0.1, 0.15) is 135 Å². The minimum atomic E-state index is 0.353. The van der Waals surface area contributed by atoms with Gasteiger partial charge < -0.3 is 9.47 Å². The smallest absolute Gasteiger partial charge is 0.224 e. The Morgan fingerprint density at radius 1 is 0.794 bits per heavy atom. The van der Waals surface area contributed by atoms with E-state index in [-0.39, 0.29) is 0 Å². The highest BCUT2D eigenvalue weighted by molar-refractivity contribution is 7.07. The summed E-state index contributed by atoms with van der Waals surface area (Å²) in [6, 6.07) is 0. The number of ether oxygens (including phenoxy) is 2. The lowest BCUT2D eigenvalue weighted by Gasteiger charge is -2.10. The fourth-order valence-corrected chi connectivity index (χ4v) is 5.81. The van der Waals surface area contributed by atoms with Crippen molar-refractivity contribution in [3.8, 4) is 0 Å². The number of aromatic nitrogens is 1. The molecule has 0 bridgehead atoms. The zero-order valence-corrected chi connectivity index (χ0v) is 23.3. The number of unbranched alkanes of at least 4 members (excludes halogenated alkanes) is 16. The lowest BCUT2D eigenvalue weighted by Crippen LogP contribution is -2.29. The van der Waals surface area contributed by atoms with Crippen molar-refractivity contribution in [2.75, 3.05) is 19.8 Å². The van der Waals surface area contributed by atoms with Gasteiger partial charge in [0.2, 0.25) is 5.51 Å². The Labute approximate surface area is 216 Å². The molecule has 1 aromatic heterocycles. The third-order valence-corrected chi connectivity index (χ3v) is 8.09. The zero-order valence-electron chi connectivity index (χ0n) is 22.5. The number of hydrogen-bond acceptors (Lipinski definition) is 3. The number of nitrogens with zero attached hydrogens (tertiary/aromatic N) is 1. The fraction of sp³-hybridized carbons (Fsp3) is 0.900. The van der Waals surface area contributed by atoms with Gasteiger partial charge in [-0.25, -0.2) is 0 Å². The van der Waals surface area contributed by atoms with Gasteiger partial charge in [-0.2, -0.15) is 4.57 Å². The molecule has 0 saturated carbocycles. The molecular formula is C30H56NO2S+. The first-order valence-electron chi connectivity index (χ1n) is 15.0. The van der Waals surface area contributed by atoms with Gasteiger partial charge in [-0.1, -0.05) is 115 Å². The van der Waals surface area contributed by atoms with E-state index in [9.17, 15) is 0 Å². The monoisotopic (exact) mass is 494 g/mol. The second kappa shape index (κ2) is 21.8. The van der Waals surface area contributed by atoms with Gasteiger partial charge >= 0.3 is 0 Å². The minimum absolute atomic E-state index is 0.353. The second-order valence-corrected chi connectivity index (χ2v) is 11.5. The zero-order chi connectivity index (χ0) is 23.9. The Hall–Kier alpha value is -0.450. The Bertz CT molecular complexity index is 536. The van der Waals surface area contributed by atoms with Crippen LogP contribution in [-0.4, -0.2) is 25.9 Å². The molecule has 1 fully saturated rings. The van der Waals surface area contributed by atoms with Gasteiger partial charge in [0.05, 0.1) is 18.1 Å². The summed E-state index contributed by atoms with van der Waals surface area (Å²) in [5.41, 5.74) is 2.19. The first-order chi connectivity index (χ1) is 16.9. The van der Waals surface area contributed by atoms with Crippen LogP contribution < -0.4 is 4.57 Å². The van der Waals surface area contributed by atoms with Crippen LogP contribution in [-0.2, 0) is 16.0 Å². The molecule has 2 atom stereocenters. The molecule has 0 unspecified atom stereocenters. The van der Waals surface area contributed by atoms with Crippen LogP contribution >= 0.6 is 11.3 Å². The van der Waals surface area contributed by atoms with Crippen LogP contribution in [0.2, 0.25) is 0 Å². The third-order valence-electron chi connectivity index (χ3n) is 7.42. The van der Waals surface area contributed by atoms with Crippen molar-refractivity contribution in [2.24, 2.45) is 5.92 Å². The molecular weight excluding hydrogens is 438 g/mol. The summed E-state index contributed by atoms with van der Waals surface area (Å²) in [7, 11) is 0. The van der Waals surface area contributed by atoms with Crippen LogP contribution in [0.15, 0.2) is 17.1 Å². The highest BCUT2D eigenvalue weighted by atomic mass is 32.1. The van der Waals surface area contributed by atoms with Gasteiger partial charge in [0.25, 0.3) is 0 Å². The first-order valence-corrected chi connectivity index (χ1v) is 15.9. The summed E-state index contributed by atoms with van der Waals surface area (Å²) in [4.78, 5) is 0. The Kier molecular flexibility index (Phi) is 19.1. The normalized spacial score (nSPS) is 18.1. The molecule has 1 aromatic rings. The molecule has 1 aliphatic heterocycles. The van der Waals surface area contributed by atoms with Gasteiger partial charge in [-0.3, -0.25) is 0 Å². The maximum Gasteiger partial charge on any atom is 0.224 e. The Morgan fingerprint density at radius 2 is 1.41 bits per heavy atom. The van der Waals surface area contributed by atoms with E-state index in [4.69, 9.17) is 9.47 Å². The second-order valence-electron chi connectivity index (χ2n) is 10.7. The van der Waals surface area contributed by atoms with Crippen LogP contribution in [0.5, 0.6) is 0 Å². The molecule has 0 amide bonds. The molecule has 1 aliphatic rings. The lowest BCUT2D eigenvalue weighted by atomic mass is 9.97. The topological polar surface area (TPSA) is 22.3 Å². The predicted octanol–water partition coefficient (Wildman–Crippen LogP) is 8.89. The van der Waals surface area contributed by atoms with Crippen molar-refractivity contribution in [1.29, 1.82) is 0 Å². The quantitative estimate of drug-likeness (QED) is 0.106. The van der Waals surface area contributed by atoms with Gasteiger partial charge in [-0.05, 0) is 31.6 Å². The molecule has 4 heteroatoms. The van der Waals surface area contributed by atoms with Crippen LogP contribution in [0.25, 0.3) is 0 Å². The van der Waals surface area contributed by atoms with Crippen LogP contribution in [0.4, 0.5) is 0 Å². The largest absolute Gasteiger partial charge is 0.379 e. The minimum Gasteiger partial charge on any atom is -0.379 e. The number of thiazole rings is 1. The SMILES string of the molecule is CCCCCCCCCCCCCCCC[C@H]1CO[C@H](COCCCCCC[n+]2ccsc2)C1. The fourth-order valence-electron chi connectivity index (χ4n) is 5.18. The van der Waals surface area contributed by atoms with Crippen molar-refractivity contribution in [2.45, 2.75) is 148 Å². The van der Waals surface area contributed by atoms with Gasteiger partial charge in [-0.15, -0.1) is 0 Å². The predicted molar refractivity (Wildman–Crippen MR) is 147 cm³/mol. The lowest BCUT2D eigenvalue weighted by molar-refractivity contribution is -0.692. The molecule has 0 radical (unpaired) electrons. The van der Waals surface area contributed by atoms with Crippen molar-refractivity contribution < 1.29 is 14.0 Å². The van der Waals surface area contributed by atoms with Crippen molar-refractivity contribution in [1.82, 2.24) is 0 Å². The Balaban J connectivity index is 1.26. The van der Waals surface area contributed by atoms with E-state index in [0.29, 0.717) is 6.10 Å². The molecule has 3 nitrogen and oxygen atoms in total. The average molecular weight is 495 g/mol. The molecule has 0 N–H and O–H groups in total. The van der Waals surface area contributed by atoms with Crippen molar-refractivity contribution in [3.63, 3.8) is 0 Å². The number of hydrogen-bond donors (Lipinski definition) is 0. The van der Waals surface area contributed by atoms with Crippen molar-refractivity contribution in [3.05, 3.63) is 17.1 Å². The molecule has 0 spiro atoms. The maximum atomic E-state index is 5.99. The maximum absolute atomic E-state index is 5.99. The van der Waals surface area contributed by atoms with E-state index >= 15 is 0 Å². The highest BCUT2D eigenvalue weighted by Crippen LogP contribution is 2.25. The van der Waals surface area contributed by atoms with E-state index in [1.165, 1.54) is 128 Å². The molecule has 1 saturated heterocycles. The van der Waals surface area contributed by atoms with E-state index in [0.717, 1.165) is 32.3 Å². The van der Waals surface area contributed by atoms with Crippen molar-refractivity contribution >= 4 is 11.3 Å². The van der Waals surface area contributed by atoms with Crippen LogP contribution in [0, 0.1) is 5.92 Å². The standard InChI is InChI=1S/C30H56NO2S/c1-2-3-4-5-6-7-8-9-10-11-12-13-14-17-20-29-25-30(33-26-29)27-32-23-19-16-15-18-21-31-22-24-34-28-31/h22,24,28-30H,2-21,23,25-27H2,1H3/q+1/t29-,30+/m1/s1. The average Bonchev–Trinajstić information content (AvgIpc) is 3.53. The molecule has 0 aliphatic carbocycles. The number of aryl methyl sites for hydroxylation is 1. The molecule has 0 aromatic carbocycles. The van der Waals surface area contributed by atoms with E-state index in [2.05, 4.69) is 28.6 Å². The van der Waals surface area contributed by atoms with E-state index in [1.54, 1.807) is 11.3 Å². The summed E-state index contributed by atoms with van der Waals surface area (Å²) in [6.07, 6.45) is 30.3. The molecule has 2 rings (SSSR count). The summed E-state index contributed by atoms with van der Waals surface area (Å²) >= 11 is 1.77. The number of rotatable bonds is 24. The van der Waals surface area contributed by atoms with Crippen LogP contribution in [0.3, 0.4) is 0 Å². The molecule has 198 valence electrons. The van der Waals surface area contributed by atoms with E-state index < -0.39 is 0 Å². The van der Waals surface area contributed by atoms with Gasteiger partial charge in [0.15, 0.2) is 6.20 Å². The highest BCUT2D eigenvalue weighted by Gasteiger charge is 2.24. The third kappa shape index (κ3) is 16.3. The van der Waals surface area contributed by atoms with Gasteiger partial charge in [0, 0.05) is 19.6 Å². The van der Waals surface area contributed by atoms with E-state index in [1.807, 2.05) is 0 Å². The summed E-state index contributed by atoms with van der Waals surface area (Å²) < 4.78 is 14.2. The summed E-state index contributed by atoms with van der Waals surface area (Å²) in [6.45, 7) is 6.12. The molecule has 2 heterocycles. The summed E-state index contributed by atoms with van der Waals surface area (Å²) in [5.74, 6) is 0.778. The van der Waals surface area contributed by atoms with Gasteiger partial charge in [0.1, 0.15) is 6.54 Å². The first kappa shape index (κ1) is 29.8. The molecule has 34 heavy (non-hydrogen) atoms.